The van der Waals surface area contributed by atoms with Crippen molar-refractivity contribution in [2.24, 2.45) is 0 Å². The molecule has 1 rings (SSSR count). The lowest BCUT2D eigenvalue weighted by molar-refractivity contribution is 0.284. The van der Waals surface area contributed by atoms with Crippen LogP contribution >= 0.6 is 0 Å². The average molecular weight is 207 g/mol. The summed E-state index contributed by atoms with van der Waals surface area (Å²) in [4.78, 5) is 0. The summed E-state index contributed by atoms with van der Waals surface area (Å²) in [7, 11) is 0. The normalized spacial score (nSPS) is 10.0. The summed E-state index contributed by atoms with van der Waals surface area (Å²) in [6.07, 6.45) is 0.418. The Kier molecular flexibility index (Phi) is 3.06. The van der Waals surface area contributed by atoms with Crippen molar-refractivity contribution < 1.29 is 22.3 Å². The zero-order valence-corrected chi connectivity index (χ0v) is 6.78. The fourth-order valence-electron chi connectivity index (χ4n) is 0.874. The Hall–Kier alpha value is -1.59. The maximum Gasteiger partial charge on any atom is 0.168 e. The molecule has 0 saturated heterocycles. The first kappa shape index (κ1) is 10.5. The summed E-state index contributed by atoms with van der Waals surface area (Å²) in [6, 6.07) is 0.110. The number of benzene rings is 1. The lowest BCUT2D eigenvalue weighted by atomic mass is 10.2. The minimum atomic E-state index is -1.51. The SMILES string of the molecule is N=COCc1c(F)c(F)cc(F)c1F. The molecule has 0 unspecified atom stereocenters. The molecule has 0 bridgehead atoms. The quantitative estimate of drug-likeness (QED) is 0.351. The highest BCUT2D eigenvalue weighted by Crippen LogP contribution is 2.19. The van der Waals surface area contributed by atoms with Crippen molar-refractivity contribution in [1.29, 1.82) is 5.41 Å². The Morgan fingerprint density at radius 1 is 1.14 bits per heavy atom. The van der Waals surface area contributed by atoms with Crippen molar-refractivity contribution in [2.75, 3.05) is 0 Å². The first-order chi connectivity index (χ1) is 6.57. The van der Waals surface area contributed by atoms with E-state index >= 15 is 0 Å². The lowest BCUT2D eigenvalue weighted by Crippen LogP contribution is -2.04. The maximum absolute atomic E-state index is 12.8. The monoisotopic (exact) mass is 207 g/mol. The van der Waals surface area contributed by atoms with Gasteiger partial charge in [-0.3, -0.25) is 5.41 Å². The van der Waals surface area contributed by atoms with Crippen LogP contribution in [0.4, 0.5) is 17.6 Å². The number of nitrogens with one attached hydrogen (secondary N) is 1. The van der Waals surface area contributed by atoms with Crippen LogP contribution in [0.1, 0.15) is 5.56 Å². The van der Waals surface area contributed by atoms with Crippen molar-refractivity contribution in [2.45, 2.75) is 6.61 Å². The van der Waals surface area contributed by atoms with Gasteiger partial charge in [0.25, 0.3) is 0 Å². The summed E-state index contributed by atoms with van der Waals surface area (Å²) in [6.45, 7) is -0.726. The molecule has 0 fully saturated rings. The molecule has 0 heterocycles. The Morgan fingerprint density at radius 3 is 2.07 bits per heavy atom. The fraction of sp³-hybridized carbons (Fsp3) is 0.125. The summed E-state index contributed by atoms with van der Waals surface area (Å²) in [5, 5.41) is 6.42. The van der Waals surface area contributed by atoms with Crippen LogP contribution in [0.15, 0.2) is 6.07 Å². The Balaban J connectivity index is 3.17. The molecule has 1 aromatic carbocycles. The van der Waals surface area contributed by atoms with Crippen LogP contribution < -0.4 is 0 Å². The van der Waals surface area contributed by atoms with E-state index in [2.05, 4.69) is 4.74 Å². The van der Waals surface area contributed by atoms with Gasteiger partial charge in [0.2, 0.25) is 0 Å². The number of ether oxygens (including phenoxy) is 1. The van der Waals surface area contributed by atoms with Gasteiger partial charge in [-0.15, -0.1) is 0 Å². The molecule has 0 atom stereocenters. The summed E-state index contributed by atoms with van der Waals surface area (Å²) >= 11 is 0. The van der Waals surface area contributed by atoms with E-state index in [0.29, 0.717) is 6.40 Å². The van der Waals surface area contributed by atoms with Crippen LogP contribution in [0.5, 0.6) is 0 Å². The molecular weight excluding hydrogens is 202 g/mol. The highest BCUT2D eigenvalue weighted by molar-refractivity contribution is 5.41. The zero-order chi connectivity index (χ0) is 10.7. The van der Waals surface area contributed by atoms with Crippen molar-refractivity contribution >= 4 is 6.40 Å². The Morgan fingerprint density at radius 2 is 1.64 bits per heavy atom. The predicted molar refractivity (Wildman–Crippen MR) is 39.8 cm³/mol. The van der Waals surface area contributed by atoms with Gasteiger partial charge in [-0.2, -0.15) is 0 Å². The van der Waals surface area contributed by atoms with E-state index in [0.717, 1.165) is 0 Å². The number of halogens is 4. The number of hydrogen-bond donors (Lipinski definition) is 1. The molecule has 1 aromatic rings. The van der Waals surface area contributed by atoms with Crippen LogP contribution in [0, 0.1) is 28.7 Å². The third-order valence-electron chi connectivity index (χ3n) is 1.51. The van der Waals surface area contributed by atoms with Gasteiger partial charge in [-0.1, -0.05) is 0 Å². The molecule has 0 radical (unpaired) electrons. The van der Waals surface area contributed by atoms with Crippen LogP contribution in [0.3, 0.4) is 0 Å². The summed E-state index contributed by atoms with van der Waals surface area (Å²) in [5.74, 6) is -6.00. The van der Waals surface area contributed by atoms with Crippen LogP contribution in [0.2, 0.25) is 0 Å². The predicted octanol–water partition coefficient (Wildman–Crippen LogP) is 2.37. The first-order valence-electron chi connectivity index (χ1n) is 3.50. The molecule has 0 saturated carbocycles. The molecule has 14 heavy (non-hydrogen) atoms. The minimum absolute atomic E-state index is 0.110. The van der Waals surface area contributed by atoms with Gasteiger partial charge in [0.1, 0.15) is 6.61 Å². The van der Waals surface area contributed by atoms with Gasteiger partial charge >= 0.3 is 0 Å². The molecule has 0 spiro atoms. The molecule has 6 heteroatoms. The van der Waals surface area contributed by atoms with Gasteiger partial charge in [-0.05, 0) is 0 Å². The smallest absolute Gasteiger partial charge is 0.168 e. The average Bonchev–Trinajstić information content (AvgIpc) is 2.15. The second kappa shape index (κ2) is 4.08. The van der Waals surface area contributed by atoms with Crippen LogP contribution in [-0.2, 0) is 11.3 Å². The minimum Gasteiger partial charge on any atom is -0.479 e. The first-order valence-corrected chi connectivity index (χ1v) is 3.50. The number of rotatable bonds is 3. The molecule has 0 aliphatic heterocycles. The van der Waals surface area contributed by atoms with Crippen molar-refractivity contribution in [3.8, 4) is 0 Å². The molecule has 2 nitrogen and oxygen atoms in total. The molecule has 0 amide bonds. The van der Waals surface area contributed by atoms with Crippen molar-refractivity contribution in [3.05, 3.63) is 34.9 Å². The van der Waals surface area contributed by atoms with Crippen LogP contribution in [-0.4, -0.2) is 6.40 Å². The topological polar surface area (TPSA) is 33.1 Å². The maximum atomic E-state index is 12.8. The van der Waals surface area contributed by atoms with E-state index in [4.69, 9.17) is 5.41 Å². The molecule has 0 aliphatic carbocycles. The highest BCUT2D eigenvalue weighted by atomic mass is 19.2. The van der Waals surface area contributed by atoms with Gasteiger partial charge in [0.15, 0.2) is 29.7 Å². The Labute approximate surface area is 76.6 Å². The van der Waals surface area contributed by atoms with Crippen molar-refractivity contribution in [1.82, 2.24) is 0 Å². The standard InChI is InChI=1S/C8H5F4NO/c9-5-1-6(10)8(12)4(7(5)11)2-14-3-13/h1,3,13H,2H2. The molecule has 76 valence electrons. The third kappa shape index (κ3) is 1.84. The van der Waals surface area contributed by atoms with Gasteiger partial charge in [-0.25, -0.2) is 17.6 Å². The second-order valence-corrected chi connectivity index (χ2v) is 2.38. The lowest BCUT2D eigenvalue weighted by Gasteiger charge is -2.05. The van der Waals surface area contributed by atoms with E-state index in [1.54, 1.807) is 0 Å². The zero-order valence-electron chi connectivity index (χ0n) is 6.78. The van der Waals surface area contributed by atoms with E-state index in [9.17, 15) is 17.6 Å². The van der Waals surface area contributed by atoms with E-state index < -0.39 is 35.4 Å². The molecule has 0 aromatic heterocycles. The Bertz CT molecular complexity index is 341. The third-order valence-corrected chi connectivity index (χ3v) is 1.51. The summed E-state index contributed by atoms with van der Waals surface area (Å²) in [5.41, 5.74) is -0.869. The van der Waals surface area contributed by atoms with E-state index in [-0.39, 0.29) is 6.07 Å². The van der Waals surface area contributed by atoms with E-state index in [1.165, 1.54) is 0 Å². The summed E-state index contributed by atoms with van der Waals surface area (Å²) < 4.78 is 55.0. The highest BCUT2D eigenvalue weighted by Gasteiger charge is 2.18. The fourth-order valence-corrected chi connectivity index (χ4v) is 0.874. The van der Waals surface area contributed by atoms with Gasteiger partial charge in [0.05, 0.1) is 5.56 Å². The van der Waals surface area contributed by atoms with E-state index in [1.807, 2.05) is 0 Å². The van der Waals surface area contributed by atoms with Gasteiger partial charge in [0, 0.05) is 6.07 Å². The second-order valence-electron chi connectivity index (χ2n) is 2.38. The molecule has 1 N–H and O–H groups in total. The number of hydrogen-bond acceptors (Lipinski definition) is 2. The molecular formula is C8H5F4NO. The van der Waals surface area contributed by atoms with Crippen LogP contribution in [0.25, 0.3) is 0 Å². The van der Waals surface area contributed by atoms with Crippen molar-refractivity contribution in [3.63, 3.8) is 0 Å². The largest absolute Gasteiger partial charge is 0.479 e. The molecule has 0 aliphatic rings. The van der Waals surface area contributed by atoms with Gasteiger partial charge < -0.3 is 4.74 Å².